The van der Waals surface area contributed by atoms with Crippen LogP contribution in [0, 0.1) is 6.42 Å². The number of hydrogen-bond acceptors (Lipinski definition) is 6. The normalized spacial score (nSPS) is 16.0. The van der Waals surface area contributed by atoms with E-state index in [-0.39, 0.29) is 11.3 Å². The second-order valence-electron chi connectivity index (χ2n) is 4.86. The third-order valence-corrected chi connectivity index (χ3v) is 3.23. The maximum atomic E-state index is 12.5. The van der Waals surface area contributed by atoms with Gasteiger partial charge >= 0.3 is 11.9 Å². The number of nitrogens with zero attached hydrogens (tertiary/aromatic N) is 2. The summed E-state index contributed by atoms with van der Waals surface area (Å²) in [6.45, 7) is 3.71. The van der Waals surface area contributed by atoms with Crippen molar-refractivity contribution in [2.45, 2.75) is 6.10 Å². The Hall–Kier alpha value is -3.41. The Morgan fingerprint density at radius 2 is 2.04 bits per heavy atom. The number of allylic oxidation sites excluding steroid dienone is 3. The molecule has 0 spiro atoms. The van der Waals surface area contributed by atoms with E-state index in [2.05, 4.69) is 21.5 Å². The lowest BCUT2D eigenvalue weighted by Crippen LogP contribution is -2.18. The summed E-state index contributed by atoms with van der Waals surface area (Å²) in [5.41, 5.74) is 1.32. The summed E-state index contributed by atoms with van der Waals surface area (Å²) in [5.74, 6) is -1.21. The van der Waals surface area contributed by atoms with Crippen molar-refractivity contribution in [1.29, 1.82) is 0 Å². The molecule has 6 nitrogen and oxygen atoms in total. The van der Waals surface area contributed by atoms with Gasteiger partial charge in [0.1, 0.15) is 12.3 Å². The van der Waals surface area contributed by atoms with Gasteiger partial charge in [-0.25, -0.2) is 9.59 Å². The van der Waals surface area contributed by atoms with Crippen molar-refractivity contribution in [2.75, 3.05) is 7.11 Å². The monoisotopic (exact) mass is 337 g/mol. The fraction of sp³-hybridized carbons (Fsp3) is 0.105. The van der Waals surface area contributed by atoms with Gasteiger partial charge in [0.25, 0.3) is 0 Å². The molecule has 0 aromatic heterocycles. The van der Waals surface area contributed by atoms with Crippen LogP contribution in [-0.2, 0) is 19.1 Å². The highest BCUT2D eigenvalue weighted by Crippen LogP contribution is 2.21. The number of carbonyl (C=O) groups excluding carboxylic acids is 2. The first-order chi connectivity index (χ1) is 12.2. The molecule has 0 saturated heterocycles. The van der Waals surface area contributed by atoms with Crippen molar-refractivity contribution in [3.8, 4) is 0 Å². The number of benzene rings is 1. The highest BCUT2D eigenvalue weighted by Gasteiger charge is 2.28. The molecule has 1 atom stereocenters. The summed E-state index contributed by atoms with van der Waals surface area (Å²) in [6.07, 6.45) is 8.43. The van der Waals surface area contributed by atoms with Crippen molar-refractivity contribution in [3.63, 3.8) is 0 Å². The van der Waals surface area contributed by atoms with Gasteiger partial charge in [0.15, 0.2) is 5.57 Å². The van der Waals surface area contributed by atoms with Gasteiger partial charge in [-0.05, 0) is 11.6 Å². The van der Waals surface area contributed by atoms with Crippen LogP contribution in [0.25, 0.3) is 0 Å². The first-order valence-corrected chi connectivity index (χ1v) is 7.45. The zero-order chi connectivity index (χ0) is 18.1. The van der Waals surface area contributed by atoms with Crippen LogP contribution in [0.4, 0.5) is 0 Å². The molecule has 0 aliphatic heterocycles. The summed E-state index contributed by atoms with van der Waals surface area (Å²) in [4.78, 5) is 23.5. The average Bonchev–Trinajstić information content (AvgIpc) is 2.66. The predicted molar refractivity (Wildman–Crippen MR) is 94.9 cm³/mol. The van der Waals surface area contributed by atoms with E-state index in [1.807, 2.05) is 30.3 Å². The second kappa shape index (κ2) is 9.02. The predicted octanol–water partition coefficient (Wildman–Crippen LogP) is 2.76. The molecule has 126 valence electrons. The zero-order valence-corrected chi connectivity index (χ0v) is 13.7. The number of hydrogen-bond donors (Lipinski definition) is 0. The molecule has 0 N–H and O–H groups in total. The highest BCUT2D eigenvalue weighted by atomic mass is 16.5. The first-order valence-electron chi connectivity index (χ1n) is 7.45. The molecule has 0 bridgehead atoms. The molecule has 0 heterocycles. The molecule has 1 aliphatic carbocycles. The van der Waals surface area contributed by atoms with Crippen LogP contribution < -0.4 is 0 Å². The molecule has 0 saturated carbocycles. The second-order valence-corrected chi connectivity index (χ2v) is 4.86. The van der Waals surface area contributed by atoms with E-state index in [1.165, 1.54) is 7.11 Å². The Balaban J connectivity index is 2.14. The van der Waals surface area contributed by atoms with Gasteiger partial charge in [0.05, 0.1) is 25.3 Å². The largest absolute Gasteiger partial charge is 0.465 e. The van der Waals surface area contributed by atoms with Crippen LogP contribution in [0.15, 0.2) is 77.0 Å². The fourth-order valence-corrected chi connectivity index (χ4v) is 2.00. The van der Waals surface area contributed by atoms with E-state index in [1.54, 1.807) is 30.7 Å². The van der Waals surface area contributed by atoms with E-state index in [9.17, 15) is 9.59 Å². The van der Waals surface area contributed by atoms with Gasteiger partial charge in [-0.3, -0.25) is 0 Å². The molecule has 1 aliphatic rings. The quantitative estimate of drug-likeness (QED) is 0.263. The molecule has 1 aromatic rings. The number of rotatable bonds is 6. The topological polar surface area (TPSA) is 77.3 Å². The van der Waals surface area contributed by atoms with Gasteiger partial charge in [-0.1, -0.05) is 36.9 Å². The van der Waals surface area contributed by atoms with Crippen LogP contribution in [0.1, 0.15) is 11.7 Å². The Morgan fingerprint density at radius 1 is 1.28 bits per heavy atom. The number of ether oxygens (including phenoxy) is 2. The van der Waals surface area contributed by atoms with Gasteiger partial charge in [0.2, 0.25) is 5.71 Å². The Bertz CT molecular complexity index is 761. The van der Waals surface area contributed by atoms with Crippen LogP contribution in [0.5, 0.6) is 0 Å². The molecule has 0 fully saturated rings. The maximum Gasteiger partial charge on any atom is 0.399 e. The lowest BCUT2D eigenvalue weighted by atomic mass is 10.0. The highest BCUT2D eigenvalue weighted by molar-refractivity contribution is 6.26. The van der Waals surface area contributed by atoms with E-state index < -0.39 is 18.0 Å². The number of carbonyl (C=O) groups is 2. The molecule has 1 unspecified atom stereocenters. The summed E-state index contributed by atoms with van der Waals surface area (Å²) in [7, 11) is 1.23. The van der Waals surface area contributed by atoms with Crippen LogP contribution in [-0.4, -0.2) is 31.0 Å². The third kappa shape index (κ3) is 5.04. The Morgan fingerprint density at radius 3 is 2.72 bits per heavy atom. The smallest absolute Gasteiger partial charge is 0.399 e. The SMILES string of the molecule is C=CC(OC(=O)C1=C[CH+]C=C/C1=N\N=C\C(=O)OC)c1ccccc1. The average molecular weight is 337 g/mol. The molecular formula is C19H17N2O4+. The van der Waals surface area contributed by atoms with Gasteiger partial charge in [-0.15, -0.1) is 10.2 Å². The summed E-state index contributed by atoms with van der Waals surface area (Å²) < 4.78 is 9.93. The fourth-order valence-electron chi connectivity index (χ4n) is 2.00. The minimum Gasteiger partial charge on any atom is -0.465 e. The first kappa shape index (κ1) is 17.9. The Kier molecular flexibility index (Phi) is 6.47. The molecule has 25 heavy (non-hydrogen) atoms. The van der Waals surface area contributed by atoms with E-state index in [0.717, 1.165) is 11.8 Å². The van der Waals surface area contributed by atoms with Crippen molar-refractivity contribution in [1.82, 2.24) is 0 Å². The summed E-state index contributed by atoms with van der Waals surface area (Å²) in [5, 5.41) is 7.47. The summed E-state index contributed by atoms with van der Waals surface area (Å²) in [6, 6.07) is 9.26. The molecule has 2 rings (SSSR count). The lowest BCUT2D eigenvalue weighted by molar-refractivity contribution is -0.141. The number of methoxy groups -OCH3 is 1. The molecular weight excluding hydrogens is 320 g/mol. The van der Waals surface area contributed by atoms with Crippen LogP contribution >= 0.6 is 0 Å². The molecule has 0 amide bonds. The molecule has 6 heteroatoms. The van der Waals surface area contributed by atoms with Crippen molar-refractivity contribution in [2.24, 2.45) is 10.2 Å². The van der Waals surface area contributed by atoms with Crippen molar-refractivity contribution < 1.29 is 19.1 Å². The van der Waals surface area contributed by atoms with Crippen LogP contribution in [0.2, 0.25) is 0 Å². The van der Waals surface area contributed by atoms with E-state index >= 15 is 0 Å². The third-order valence-electron chi connectivity index (χ3n) is 3.23. The number of esters is 2. The maximum absolute atomic E-state index is 12.5. The minimum atomic E-state index is -0.639. The van der Waals surface area contributed by atoms with E-state index in [4.69, 9.17) is 4.74 Å². The standard InChI is InChI=1S/C19H17N2O4/c1-3-17(14-9-5-4-6-10-14)25-19(23)15-11-7-8-12-16(15)21-20-13-18(22)24-2/h3-13,17H,1H2,2H3/q+1/b20-13+,21-16+. The van der Waals surface area contributed by atoms with Gasteiger partial charge in [-0.2, -0.15) is 0 Å². The lowest BCUT2D eigenvalue weighted by Gasteiger charge is -2.14. The van der Waals surface area contributed by atoms with Gasteiger partial charge < -0.3 is 9.47 Å². The minimum absolute atomic E-state index is 0.229. The van der Waals surface area contributed by atoms with E-state index in [0.29, 0.717) is 0 Å². The Labute approximate surface area is 145 Å². The molecule has 0 radical (unpaired) electrons. The van der Waals surface area contributed by atoms with Crippen molar-refractivity contribution >= 4 is 23.9 Å². The van der Waals surface area contributed by atoms with Crippen molar-refractivity contribution in [3.05, 3.63) is 78.8 Å². The zero-order valence-electron chi connectivity index (χ0n) is 13.7. The summed E-state index contributed by atoms with van der Waals surface area (Å²) >= 11 is 0. The molecule has 1 aromatic carbocycles. The van der Waals surface area contributed by atoms with Crippen LogP contribution in [0.3, 0.4) is 0 Å². The van der Waals surface area contributed by atoms with Gasteiger partial charge in [0, 0.05) is 6.42 Å².